The number of rotatable bonds is 3. The van der Waals surface area contributed by atoms with Gasteiger partial charge in [-0.25, -0.2) is 0 Å². The van der Waals surface area contributed by atoms with E-state index in [1.807, 2.05) is 0 Å². The van der Waals surface area contributed by atoms with Crippen LogP contribution in [0.2, 0.25) is 0 Å². The Hall–Kier alpha value is -1.75. The van der Waals surface area contributed by atoms with E-state index in [1.165, 1.54) is 6.92 Å². The van der Waals surface area contributed by atoms with Crippen molar-refractivity contribution >= 4 is 29.0 Å². The van der Waals surface area contributed by atoms with Gasteiger partial charge in [-0.3, -0.25) is 9.59 Å². The number of anilines is 1. The summed E-state index contributed by atoms with van der Waals surface area (Å²) in [7, 11) is 0. The van der Waals surface area contributed by atoms with Crippen LogP contribution in [-0.4, -0.2) is 23.9 Å². The van der Waals surface area contributed by atoms with Gasteiger partial charge in [-0.1, -0.05) is 0 Å². The maximum atomic E-state index is 11.6. The van der Waals surface area contributed by atoms with E-state index in [-0.39, 0.29) is 18.5 Å². The van der Waals surface area contributed by atoms with Gasteiger partial charge in [0.1, 0.15) is 5.38 Å². The molecule has 1 heterocycles. The molecule has 0 saturated carbocycles. The Morgan fingerprint density at radius 1 is 1.33 bits per heavy atom. The molecule has 0 aromatic heterocycles. The van der Waals surface area contributed by atoms with Crippen LogP contribution in [0.15, 0.2) is 12.1 Å². The molecule has 1 aromatic rings. The van der Waals surface area contributed by atoms with Crippen LogP contribution in [0.5, 0.6) is 11.5 Å². The van der Waals surface area contributed by atoms with Gasteiger partial charge in [0.2, 0.25) is 12.7 Å². The van der Waals surface area contributed by atoms with Gasteiger partial charge < -0.3 is 14.8 Å². The SMILES string of the molecule is CC(=O)c1cc2c(cc1NC(=O)[C@@H](C)Cl)OCO2. The summed E-state index contributed by atoms with van der Waals surface area (Å²) in [6.07, 6.45) is 0. The van der Waals surface area contributed by atoms with Crippen molar-refractivity contribution in [1.82, 2.24) is 0 Å². The molecule has 2 rings (SSSR count). The van der Waals surface area contributed by atoms with Gasteiger partial charge >= 0.3 is 0 Å². The zero-order valence-corrected chi connectivity index (χ0v) is 10.7. The third-order valence-electron chi connectivity index (χ3n) is 2.51. The number of amides is 1. The second-order valence-corrected chi connectivity index (χ2v) is 4.57. The van der Waals surface area contributed by atoms with Crippen molar-refractivity contribution in [3.8, 4) is 11.5 Å². The van der Waals surface area contributed by atoms with Gasteiger partial charge in [0.15, 0.2) is 17.3 Å². The number of hydrogen-bond donors (Lipinski definition) is 1. The summed E-state index contributed by atoms with van der Waals surface area (Å²) in [5.41, 5.74) is 0.745. The Bertz CT molecular complexity index is 513. The fraction of sp³-hybridized carbons (Fsp3) is 0.333. The van der Waals surface area contributed by atoms with Gasteiger partial charge in [0, 0.05) is 11.6 Å². The van der Waals surface area contributed by atoms with E-state index in [0.29, 0.717) is 22.7 Å². The predicted octanol–water partition coefficient (Wildman–Crippen LogP) is 2.18. The molecule has 96 valence electrons. The highest BCUT2D eigenvalue weighted by Crippen LogP contribution is 2.37. The van der Waals surface area contributed by atoms with Crippen molar-refractivity contribution in [2.75, 3.05) is 12.1 Å². The molecule has 1 aliphatic heterocycles. The van der Waals surface area contributed by atoms with E-state index in [1.54, 1.807) is 19.1 Å². The van der Waals surface area contributed by atoms with Crippen molar-refractivity contribution in [3.05, 3.63) is 17.7 Å². The standard InChI is InChI=1S/C12H12ClNO4/c1-6(13)12(16)14-9-4-11-10(17-5-18-11)3-8(9)7(2)15/h3-4,6H,5H2,1-2H3,(H,14,16)/t6-/m1/s1. The van der Waals surface area contributed by atoms with E-state index < -0.39 is 5.38 Å². The molecule has 5 nitrogen and oxygen atoms in total. The lowest BCUT2D eigenvalue weighted by atomic mass is 10.1. The van der Waals surface area contributed by atoms with Crippen molar-refractivity contribution in [2.45, 2.75) is 19.2 Å². The monoisotopic (exact) mass is 269 g/mol. The van der Waals surface area contributed by atoms with Crippen LogP contribution in [0.1, 0.15) is 24.2 Å². The molecule has 1 amide bonds. The summed E-state index contributed by atoms with van der Waals surface area (Å²) in [6, 6.07) is 3.12. The lowest BCUT2D eigenvalue weighted by Crippen LogP contribution is -2.21. The minimum absolute atomic E-state index is 0.107. The van der Waals surface area contributed by atoms with Gasteiger partial charge in [-0.15, -0.1) is 11.6 Å². The van der Waals surface area contributed by atoms with E-state index in [0.717, 1.165) is 0 Å². The summed E-state index contributed by atoms with van der Waals surface area (Å²) in [4.78, 5) is 23.1. The minimum Gasteiger partial charge on any atom is -0.454 e. The Labute approximate surface area is 109 Å². The smallest absolute Gasteiger partial charge is 0.242 e. The maximum absolute atomic E-state index is 11.6. The fourth-order valence-electron chi connectivity index (χ4n) is 1.57. The average molecular weight is 270 g/mol. The van der Waals surface area contributed by atoms with Gasteiger partial charge in [-0.05, 0) is 19.9 Å². The second-order valence-electron chi connectivity index (χ2n) is 3.91. The molecule has 1 atom stereocenters. The van der Waals surface area contributed by atoms with Crippen LogP contribution in [0.4, 0.5) is 5.69 Å². The van der Waals surface area contributed by atoms with Crippen LogP contribution < -0.4 is 14.8 Å². The molecule has 1 N–H and O–H groups in total. The number of ether oxygens (including phenoxy) is 2. The lowest BCUT2D eigenvalue weighted by Gasteiger charge is -2.11. The van der Waals surface area contributed by atoms with Crippen LogP contribution in [0.25, 0.3) is 0 Å². The Kier molecular flexibility index (Phi) is 3.43. The summed E-state index contributed by atoms with van der Waals surface area (Å²) in [5.74, 6) is 0.443. The zero-order chi connectivity index (χ0) is 13.3. The third-order valence-corrected chi connectivity index (χ3v) is 2.71. The molecule has 1 aliphatic rings. The first-order valence-corrected chi connectivity index (χ1v) is 5.82. The quantitative estimate of drug-likeness (QED) is 0.675. The summed E-state index contributed by atoms with van der Waals surface area (Å²) < 4.78 is 10.4. The number of carbonyl (C=O) groups is 2. The fourth-order valence-corrected chi connectivity index (χ4v) is 1.62. The molecule has 0 radical (unpaired) electrons. The number of ketones is 1. The summed E-state index contributed by atoms with van der Waals surface area (Å²) >= 11 is 5.67. The maximum Gasteiger partial charge on any atom is 0.242 e. The molecule has 18 heavy (non-hydrogen) atoms. The molecule has 0 saturated heterocycles. The highest BCUT2D eigenvalue weighted by molar-refractivity contribution is 6.32. The van der Waals surface area contributed by atoms with E-state index in [9.17, 15) is 9.59 Å². The van der Waals surface area contributed by atoms with Crippen molar-refractivity contribution < 1.29 is 19.1 Å². The van der Waals surface area contributed by atoms with Crippen molar-refractivity contribution in [3.63, 3.8) is 0 Å². The number of nitrogens with one attached hydrogen (secondary N) is 1. The number of benzene rings is 1. The lowest BCUT2D eigenvalue weighted by molar-refractivity contribution is -0.115. The molecule has 6 heteroatoms. The van der Waals surface area contributed by atoms with E-state index >= 15 is 0 Å². The topological polar surface area (TPSA) is 64.6 Å². The second kappa shape index (κ2) is 4.86. The Balaban J connectivity index is 2.38. The highest BCUT2D eigenvalue weighted by Gasteiger charge is 2.21. The summed E-state index contributed by atoms with van der Waals surface area (Å²) in [5, 5.41) is 1.91. The largest absolute Gasteiger partial charge is 0.454 e. The van der Waals surface area contributed by atoms with Crippen molar-refractivity contribution in [2.24, 2.45) is 0 Å². The Morgan fingerprint density at radius 3 is 2.50 bits per heavy atom. The average Bonchev–Trinajstić information content (AvgIpc) is 2.74. The van der Waals surface area contributed by atoms with Crippen LogP contribution in [-0.2, 0) is 4.79 Å². The number of alkyl halides is 1. The van der Waals surface area contributed by atoms with Crippen LogP contribution >= 0.6 is 11.6 Å². The molecule has 0 bridgehead atoms. The van der Waals surface area contributed by atoms with Gasteiger partial charge in [0.25, 0.3) is 0 Å². The molecular weight excluding hydrogens is 258 g/mol. The number of carbonyl (C=O) groups excluding carboxylic acids is 2. The number of halogens is 1. The Morgan fingerprint density at radius 2 is 1.94 bits per heavy atom. The number of fused-ring (bicyclic) bond motifs is 1. The molecular formula is C12H12ClNO4. The highest BCUT2D eigenvalue weighted by atomic mass is 35.5. The normalized spacial score (nSPS) is 14.2. The van der Waals surface area contributed by atoms with Gasteiger partial charge in [-0.2, -0.15) is 0 Å². The molecule has 0 fully saturated rings. The number of hydrogen-bond acceptors (Lipinski definition) is 4. The first-order valence-electron chi connectivity index (χ1n) is 5.38. The first kappa shape index (κ1) is 12.7. The van der Waals surface area contributed by atoms with Crippen LogP contribution in [0.3, 0.4) is 0 Å². The molecule has 0 unspecified atom stereocenters. The molecule has 0 aliphatic carbocycles. The third kappa shape index (κ3) is 2.41. The van der Waals surface area contributed by atoms with Crippen molar-refractivity contribution in [1.29, 1.82) is 0 Å². The predicted molar refractivity (Wildman–Crippen MR) is 66.5 cm³/mol. The minimum atomic E-state index is -0.685. The zero-order valence-electron chi connectivity index (χ0n) is 9.95. The van der Waals surface area contributed by atoms with E-state index in [2.05, 4.69) is 5.32 Å². The van der Waals surface area contributed by atoms with Gasteiger partial charge in [0.05, 0.1) is 5.69 Å². The first-order chi connectivity index (χ1) is 8.49. The molecule has 0 spiro atoms. The summed E-state index contributed by atoms with van der Waals surface area (Å²) in [6.45, 7) is 3.07. The molecule has 1 aromatic carbocycles. The number of Topliss-reactive ketones (excluding diaryl/α,β-unsaturated/α-hetero) is 1. The van der Waals surface area contributed by atoms with Crippen LogP contribution in [0, 0.1) is 0 Å². The van der Waals surface area contributed by atoms with E-state index in [4.69, 9.17) is 21.1 Å².